The Morgan fingerprint density at radius 3 is 2.81 bits per heavy atom. The number of nitrogens with two attached hydrogens (primary N) is 1. The van der Waals surface area contributed by atoms with E-state index in [4.69, 9.17) is 15.6 Å². The maximum absolute atomic E-state index is 12.1. The third-order valence-corrected chi connectivity index (χ3v) is 3.39. The highest BCUT2D eigenvalue weighted by Gasteiger charge is 2.37. The molecule has 0 radical (unpaired) electrons. The fourth-order valence-electron chi connectivity index (χ4n) is 2.42. The molecule has 0 aromatic carbocycles. The summed E-state index contributed by atoms with van der Waals surface area (Å²) in [6.45, 7) is -0.430. The first-order valence-corrected chi connectivity index (χ1v) is 6.10. The van der Waals surface area contributed by atoms with E-state index in [9.17, 15) is 19.9 Å². The van der Waals surface area contributed by atoms with Gasteiger partial charge < -0.3 is 25.9 Å². The molecule has 1 fully saturated rings. The Morgan fingerprint density at radius 1 is 1.48 bits per heavy atom. The molecule has 3 heterocycles. The molecule has 0 aliphatic carbocycles. The minimum atomic E-state index is -0.983. The number of H-pyrrole nitrogens is 1. The van der Waals surface area contributed by atoms with Gasteiger partial charge in [0.2, 0.25) is 5.95 Å². The molecule has 0 bridgehead atoms. The van der Waals surface area contributed by atoms with Crippen molar-refractivity contribution in [3.05, 3.63) is 20.8 Å². The second kappa shape index (κ2) is 4.58. The molecule has 0 unspecified atom stereocenters. The van der Waals surface area contributed by atoms with Gasteiger partial charge in [-0.15, -0.1) is 4.73 Å². The molecule has 0 saturated carbocycles. The summed E-state index contributed by atoms with van der Waals surface area (Å²) in [6, 6.07) is 0. The summed E-state index contributed by atoms with van der Waals surface area (Å²) in [5, 5.41) is 28.5. The number of fused-ring (bicyclic) bond motifs is 1. The Hall–Kier alpha value is -2.37. The molecule has 1 aliphatic heterocycles. The molecule has 114 valence electrons. The molecule has 11 nitrogen and oxygen atoms in total. The van der Waals surface area contributed by atoms with Crippen LogP contribution in [-0.4, -0.2) is 53.5 Å². The third-order valence-electron chi connectivity index (χ3n) is 3.39. The summed E-state index contributed by atoms with van der Waals surface area (Å²) >= 11 is 0. The van der Waals surface area contributed by atoms with Crippen LogP contribution in [0.1, 0.15) is 12.6 Å². The topological polar surface area (TPSA) is 169 Å². The van der Waals surface area contributed by atoms with Gasteiger partial charge in [-0.25, -0.2) is 9.36 Å². The molecule has 3 atom stereocenters. The van der Waals surface area contributed by atoms with Gasteiger partial charge in [0, 0.05) is 6.42 Å². The van der Waals surface area contributed by atoms with Crippen molar-refractivity contribution in [3.63, 3.8) is 0 Å². The monoisotopic (exact) mass is 299 g/mol. The van der Waals surface area contributed by atoms with Gasteiger partial charge in [0.1, 0.15) is 12.3 Å². The van der Waals surface area contributed by atoms with Gasteiger partial charge >= 0.3 is 5.69 Å². The van der Waals surface area contributed by atoms with E-state index in [1.807, 2.05) is 0 Å². The van der Waals surface area contributed by atoms with Crippen LogP contribution < -0.4 is 17.0 Å². The van der Waals surface area contributed by atoms with E-state index in [0.717, 1.165) is 4.57 Å². The molecule has 1 saturated heterocycles. The number of aromatic nitrogens is 4. The minimum Gasteiger partial charge on any atom is -0.423 e. The molecule has 21 heavy (non-hydrogen) atoms. The molecule has 2 aromatic rings. The lowest BCUT2D eigenvalue weighted by Crippen LogP contribution is -2.27. The molecule has 0 amide bonds. The van der Waals surface area contributed by atoms with E-state index in [1.165, 1.54) is 0 Å². The van der Waals surface area contributed by atoms with Crippen molar-refractivity contribution in [3.8, 4) is 0 Å². The van der Waals surface area contributed by atoms with Crippen LogP contribution in [0.4, 0.5) is 5.95 Å². The Balaban J connectivity index is 2.22. The van der Waals surface area contributed by atoms with Crippen LogP contribution in [0.2, 0.25) is 0 Å². The van der Waals surface area contributed by atoms with Gasteiger partial charge in [0.15, 0.2) is 11.2 Å². The van der Waals surface area contributed by atoms with E-state index < -0.39 is 36.3 Å². The van der Waals surface area contributed by atoms with Gasteiger partial charge in [-0.2, -0.15) is 4.98 Å². The number of nitrogens with one attached hydrogen (secondary N) is 1. The van der Waals surface area contributed by atoms with Crippen molar-refractivity contribution in [2.24, 2.45) is 0 Å². The lowest BCUT2D eigenvalue weighted by molar-refractivity contribution is -0.0452. The highest BCUT2D eigenvalue weighted by atomic mass is 16.5. The van der Waals surface area contributed by atoms with Crippen LogP contribution in [0.3, 0.4) is 0 Å². The number of imidazole rings is 1. The summed E-state index contributed by atoms with van der Waals surface area (Å²) in [5.41, 5.74) is 3.15. The molecule has 3 rings (SSSR count). The fraction of sp³-hybridized carbons (Fsp3) is 0.500. The minimum absolute atomic E-state index is 0.00136. The second-order valence-corrected chi connectivity index (χ2v) is 4.70. The average Bonchev–Trinajstić information content (AvgIpc) is 2.89. The molecule has 6 N–H and O–H groups in total. The van der Waals surface area contributed by atoms with E-state index >= 15 is 0 Å². The Bertz CT molecular complexity index is 807. The number of nitrogens with zero attached hydrogens (tertiary/aromatic N) is 3. The number of aromatic amines is 1. The van der Waals surface area contributed by atoms with Crippen LogP contribution in [0, 0.1) is 0 Å². The van der Waals surface area contributed by atoms with Crippen LogP contribution in [0.5, 0.6) is 0 Å². The van der Waals surface area contributed by atoms with Gasteiger partial charge in [-0.3, -0.25) is 9.78 Å². The van der Waals surface area contributed by atoms with Crippen LogP contribution in [0.25, 0.3) is 11.2 Å². The highest BCUT2D eigenvalue weighted by molar-refractivity contribution is 5.71. The SMILES string of the molecule is Nc1nc2c(c(=O)[nH]1)n(O)c(=O)n2[C@H]1C[C@H](O)[C@@H](CO)O1. The summed E-state index contributed by atoms with van der Waals surface area (Å²) in [7, 11) is 0. The molecule has 2 aromatic heterocycles. The zero-order chi connectivity index (χ0) is 15.3. The number of rotatable bonds is 2. The van der Waals surface area contributed by atoms with E-state index in [-0.39, 0.29) is 28.3 Å². The quantitative estimate of drug-likeness (QED) is 0.374. The molecule has 0 spiro atoms. The van der Waals surface area contributed by atoms with Gasteiger partial charge in [-0.05, 0) is 0 Å². The van der Waals surface area contributed by atoms with Crippen LogP contribution in [0.15, 0.2) is 9.59 Å². The number of hydrogen-bond donors (Lipinski definition) is 5. The summed E-state index contributed by atoms with van der Waals surface area (Å²) in [4.78, 5) is 29.8. The summed E-state index contributed by atoms with van der Waals surface area (Å²) in [5.74, 6) is -0.232. The first-order chi connectivity index (χ1) is 9.93. The number of hydrogen-bond acceptors (Lipinski definition) is 8. The largest absolute Gasteiger partial charge is 0.423 e. The number of nitrogen functional groups attached to an aromatic ring is 1. The van der Waals surface area contributed by atoms with Crippen molar-refractivity contribution >= 4 is 17.1 Å². The van der Waals surface area contributed by atoms with Gasteiger partial charge in [-0.1, -0.05) is 0 Å². The second-order valence-electron chi connectivity index (χ2n) is 4.70. The average molecular weight is 299 g/mol. The van der Waals surface area contributed by atoms with Crippen molar-refractivity contribution in [2.45, 2.75) is 24.9 Å². The van der Waals surface area contributed by atoms with Crippen LogP contribution >= 0.6 is 0 Å². The summed E-state index contributed by atoms with van der Waals surface area (Å²) < 4.78 is 6.39. The van der Waals surface area contributed by atoms with Crippen molar-refractivity contribution < 1.29 is 20.2 Å². The van der Waals surface area contributed by atoms with Gasteiger partial charge in [0.25, 0.3) is 5.56 Å². The number of anilines is 1. The Labute approximate surface area is 115 Å². The normalized spacial score (nSPS) is 25.7. The Kier molecular flexibility index (Phi) is 2.97. The predicted molar refractivity (Wildman–Crippen MR) is 67.8 cm³/mol. The van der Waals surface area contributed by atoms with Crippen molar-refractivity contribution in [1.82, 2.24) is 19.3 Å². The zero-order valence-electron chi connectivity index (χ0n) is 10.6. The van der Waals surface area contributed by atoms with E-state index in [0.29, 0.717) is 0 Å². The maximum Gasteiger partial charge on any atom is 0.365 e. The lowest BCUT2D eigenvalue weighted by atomic mass is 10.2. The molecule has 11 heteroatoms. The molecule has 1 aliphatic rings. The lowest BCUT2D eigenvalue weighted by Gasteiger charge is -2.12. The fourth-order valence-corrected chi connectivity index (χ4v) is 2.42. The first kappa shape index (κ1) is 13.6. The molecular weight excluding hydrogens is 286 g/mol. The van der Waals surface area contributed by atoms with E-state index in [2.05, 4.69) is 9.97 Å². The summed E-state index contributed by atoms with van der Waals surface area (Å²) in [6.07, 6.45) is -2.82. The smallest absolute Gasteiger partial charge is 0.365 e. The van der Waals surface area contributed by atoms with Crippen molar-refractivity contribution in [2.75, 3.05) is 12.3 Å². The van der Waals surface area contributed by atoms with Crippen molar-refractivity contribution in [1.29, 1.82) is 0 Å². The predicted octanol–water partition coefficient (Wildman–Crippen LogP) is -2.65. The van der Waals surface area contributed by atoms with Crippen LogP contribution in [-0.2, 0) is 4.74 Å². The highest BCUT2D eigenvalue weighted by Crippen LogP contribution is 2.29. The Morgan fingerprint density at radius 2 is 2.19 bits per heavy atom. The third kappa shape index (κ3) is 1.90. The van der Waals surface area contributed by atoms with E-state index in [1.54, 1.807) is 0 Å². The molecular formula is C10H13N5O6. The number of ether oxygens (including phenoxy) is 1. The number of aliphatic hydroxyl groups is 2. The number of aliphatic hydroxyl groups excluding tert-OH is 2. The van der Waals surface area contributed by atoms with Gasteiger partial charge in [0.05, 0.1) is 12.7 Å². The maximum atomic E-state index is 12.1. The standard InChI is InChI=1S/C10H13N5O6/c11-9-12-7-6(8(18)13-9)15(20)10(19)14(7)5-1-3(17)4(2-16)21-5/h3-5,16-17,20H,1-2H2,(H3,11,12,13,18)/t3-,4+,5+/m0/s1. The zero-order valence-corrected chi connectivity index (χ0v) is 10.6. The first-order valence-electron chi connectivity index (χ1n) is 6.10.